The summed E-state index contributed by atoms with van der Waals surface area (Å²) in [5, 5.41) is 14.0. The molecule has 0 aliphatic rings. The lowest BCUT2D eigenvalue weighted by molar-refractivity contribution is -0.870. The molecule has 0 radical (unpaired) electrons. The number of hydrogen-bond donors (Lipinski definition) is 2. The highest BCUT2D eigenvalue weighted by Crippen LogP contribution is 2.38. The summed E-state index contributed by atoms with van der Waals surface area (Å²) in [6, 6.07) is -0.898. The number of phosphoric ester groups is 1. The lowest BCUT2D eigenvalue weighted by Gasteiger charge is -2.29. The van der Waals surface area contributed by atoms with E-state index in [0.29, 0.717) is 17.4 Å². The number of rotatable bonds is 71. The largest absolute Gasteiger partial charge is 0.756 e. The summed E-state index contributed by atoms with van der Waals surface area (Å²) in [4.78, 5) is 25.7. The number of aliphatic hydroxyl groups is 1. The SMILES string of the molecule is CC/C=C\C/C=C\C/C=C\C/C=C\C/C=C\C/C=C\C/C=C\C/C=C\C/C=C\CCCCCCCCCCCCCC(=O)NC(COP(=O)([O-])OCC[N+](C)(C)C)C(O)/C=C/CCCCCCCCCCCCCCCCCCCCCCCCCCCCCCC. The summed E-state index contributed by atoms with van der Waals surface area (Å²) >= 11 is 0. The number of carbonyl (C=O) groups is 1. The molecule has 0 fully saturated rings. The van der Waals surface area contributed by atoms with Gasteiger partial charge in [-0.25, -0.2) is 0 Å². The maximum Gasteiger partial charge on any atom is 0.268 e. The van der Waals surface area contributed by atoms with Crippen molar-refractivity contribution in [1.82, 2.24) is 5.32 Å². The number of aliphatic hydroxyl groups excluding tert-OH is 1. The van der Waals surface area contributed by atoms with E-state index in [1.165, 1.54) is 225 Å². The van der Waals surface area contributed by atoms with Gasteiger partial charge in [-0.2, -0.15) is 0 Å². The van der Waals surface area contributed by atoms with E-state index in [1.54, 1.807) is 6.08 Å². The third kappa shape index (κ3) is 74.3. The van der Waals surface area contributed by atoms with Crippen LogP contribution >= 0.6 is 7.82 Å². The van der Waals surface area contributed by atoms with E-state index < -0.39 is 20.0 Å². The standard InChI is InChI=1S/C83H149N2O6P/c1-6-8-10-12-14-16-18-20-22-24-26-28-30-32-34-36-38-39-40-41-42-43-44-45-47-49-51-53-55-57-59-61-63-65-67-69-71-73-75-77-83(87)84-81(80-91-92(88,89)90-79-78-85(3,4)5)82(86)76-74-72-70-68-66-64-62-60-58-56-54-52-50-48-46-37-35-33-31-29-27-25-23-21-19-17-15-13-11-9-7-2/h8,10,14,16,20,22,26,28,32,34,38-39,41-42,44-45,49,51,74,76,81-82,86H,6-7,9,11-13,15,17-19,21,23-25,27,29-31,33,35-37,40,43,46-48,50,52-73,75,77-80H2,1-5H3,(H-,84,87,88,89)/b10-8-,16-14-,22-20-,28-26-,34-32-,39-38-,42-41-,45-44-,51-49-,76-74+. The Kier molecular flexibility index (Phi) is 69.7. The van der Waals surface area contributed by atoms with Crippen LogP contribution in [0, 0.1) is 0 Å². The van der Waals surface area contributed by atoms with Gasteiger partial charge in [0.2, 0.25) is 5.91 Å². The fraction of sp³-hybridized carbons (Fsp3) is 0.747. The number of quaternary nitrogens is 1. The molecule has 9 heteroatoms. The van der Waals surface area contributed by atoms with Crippen LogP contribution in [0.2, 0.25) is 0 Å². The Morgan fingerprint density at radius 1 is 0.391 bits per heavy atom. The van der Waals surface area contributed by atoms with E-state index in [-0.39, 0.29) is 19.1 Å². The third-order valence-corrected chi connectivity index (χ3v) is 18.1. The minimum atomic E-state index is -4.62. The zero-order chi connectivity index (χ0) is 66.9. The zero-order valence-electron chi connectivity index (χ0n) is 61.0. The van der Waals surface area contributed by atoms with Gasteiger partial charge in [0.1, 0.15) is 13.2 Å². The molecule has 8 nitrogen and oxygen atoms in total. The number of unbranched alkanes of at least 4 members (excludes halogenated alkanes) is 40. The molecule has 0 aliphatic carbocycles. The molecule has 0 aromatic heterocycles. The summed E-state index contributed by atoms with van der Waals surface area (Å²) in [5.74, 6) is -0.201. The predicted molar refractivity (Wildman–Crippen MR) is 403 cm³/mol. The Morgan fingerprint density at radius 2 is 0.663 bits per heavy atom. The first-order valence-corrected chi connectivity index (χ1v) is 40.4. The highest BCUT2D eigenvalue weighted by Gasteiger charge is 2.23. The minimum absolute atomic E-state index is 0.00570. The van der Waals surface area contributed by atoms with E-state index in [9.17, 15) is 19.4 Å². The van der Waals surface area contributed by atoms with Crippen molar-refractivity contribution in [1.29, 1.82) is 0 Å². The summed E-state index contributed by atoms with van der Waals surface area (Å²) in [6.45, 7) is 4.57. The number of nitrogens with zero attached hydrogens (tertiary/aromatic N) is 1. The van der Waals surface area contributed by atoms with Crippen molar-refractivity contribution >= 4 is 13.7 Å². The quantitative estimate of drug-likeness (QED) is 0.0272. The second kappa shape index (κ2) is 72.2. The first-order valence-electron chi connectivity index (χ1n) is 38.9. The molecular formula is C83H149N2O6P. The van der Waals surface area contributed by atoms with Crippen LogP contribution in [-0.2, 0) is 18.4 Å². The van der Waals surface area contributed by atoms with Crippen LogP contribution in [0.4, 0.5) is 0 Å². The number of carbonyl (C=O) groups excluding carboxylic acids is 1. The Hall–Kier alpha value is -3.10. The number of hydrogen-bond acceptors (Lipinski definition) is 6. The van der Waals surface area contributed by atoms with Gasteiger partial charge < -0.3 is 28.8 Å². The van der Waals surface area contributed by atoms with Crippen LogP contribution < -0.4 is 10.2 Å². The Bertz CT molecular complexity index is 1920. The Labute approximate surface area is 571 Å². The van der Waals surface area contributed by atoms with E-state index in [2.05, 4.69) is 129 Å². The average molecular weight is 1300 g/mol. The number of likely N-dealkylation sites (N-methyl/N-ethyl adjacent to an activating group) is 1. The molecule has 1 amide bonds. The fourth-order valence-corrected chi connectivity index (χ4v) is 11.9. The Morgan fingerprint density at radius 3 is 0.967 bits per heavy atom. The van der Waals surface area contributed by atoms with Crippen LogP contribution in [0.5, 0.6) is 0 Å². The third-order valence-electron chi connectivity index (χ3n) is 17.2. The molecule has 0 aromatic carbocycles. The van der Waals surface area contributed by atoms with Crippen LogP contribution in [0.25, 0.3) is 0 Å². The molecule has 0 saturated heterocycles. The lowest BCUT2D eigenvalue weighted by atomic mass is 10.0. The zero-order valence-corrected chi connectivity index (χ0v) is 61.9. The molecule has 3 atom stereocenters. The summed E-state index contributed by atoms with van der Waals surface area (Å²) in [7, 11) is 1.26. The number of amides is 1. The van der Waals surface area contributed by atoms with Gasteiger partial charge in [0, 0.05) is 6.42 Å². The molecule has 0 saturated carbocycles. The summed E-state index contributed by atoms with van der Waals surface area (Å²) in [6.07, 6.45) is 108. The van der Waals surface area contributed by atoms with Gasteiger partial charge in [0.15, 0.2) is 0 Å². The van der Waals surface area contributed by atoms with Crippen LogP contribution in [0.15, 0.2) is 122 Å². The number of allylic oxidation sites excluding steroid dienone is 19. The van der Waals surface area contributed by atoms with Gasteiger partial charge in [0.05, 0.1) is 39.9 Å². The normalized spacial score (nSPS) is 14.2. The van der Waals surface area contributed by atoms with Gasteiger partial charge in [-0.1, -0.05) is 373 Å². The number of nitrogens with one attached hydrogen (secondary N) is 1. The molecule has 0 heterocycles. The van der Waals surface area contributed by atoms with Crippen molar-refractivity contribution in [3.63, 3.8) is 0 Å². The average Bonchev–Trinajstić information content (AvgIpc) is 2.63. The van der Waals surface area contributed by atoms with Crippen molar-refractivity contribution in [2.45, 2.75) is 360 Å². The van der Waals surface area contributed by atoms with Crippen molar-refractivity contribution in [2.75, 3.05) is 40.9 Å². The lowest BCUT2D eigenvalue weighted by Crippen LogP contribution is -2.45. The van der Waals surface area contributed by atoms with Gasteiger partial charge in [-0.3, -0.25) is 9.36 Å². The van der Waals surface area contributed by atoms with Crippen molar-refractivity contribution in [2.24, 2.45) is 0 Å². The summed E-state index contributed by atoms with van der Waals surface area (Å²) < 4.78 is 23.5. The van der Waals surface area contributed by atoms with E-state index in [0.717, 1.165) is 103 Å². The predicted octanol–water partition coefficient (Wildman–Crippen LogP) is 24.9. The molecule has 532 valence electrons. The second-order valence-corrected chi connectivity index (χ2v) is 28.7. The molecular weight excluding hydrogens is 1150 g/mol. The van der Waals surface area contributed by atoms with Crippen LogP contribution in [-0.4, -0.2) is 68.5 Å². The molecule has 0 bridgehead atoms. The Balaban J connectivity index is 4.06. The fourth-order valence-electron chi connectivity index (χ4n) is 11.2. The van der Waals surface area contributed by atoms with Gasteiger partial charge in [-0.05, 0) is 89.9 Å². The van der Waals surface area contributed by atoms with E-state index >= 15 is 0 Å². The first kappa shape index (κ1) is 88.9. The molecule has 2 N–H and O–H groups in total. The monoisotopic (exact) mass is 1300 g/mol. The van der Waals surface area contributed by atoms with Crippen molar-refractivity contribution < 1.29 is 32.9 Å². The van der Waals surface area contributed by atoms with Crippen molar-refractivity contribution in [3.8, 4) is 0 Å². The van der Waals surface area contributed by atoms with Crippen LogP contribution in [0.3, 0.4) is 0 Å². The van der Waals surface area contributed by atoms with Gasteiger partial charge >= 0.3 is 0 Å². The van der Waals surface area contributed by atoms with Crippen LogP contribution in [0.1, 0.15) is 348 Å². The minimum Gasteiger partial charge on any atom is -0.756 e. The molecule has 92 heavy (non-hydrogen) atoms. The molecule has 0 aliphatic heterocycles. The highest BCUT2D eigenvalue weighted by atomic mass is 31.2. The smallest absolute Gasteiger partial charge is 0.268 e. The highest BCUT2D eigenvalue weighted by molar-refractivity contribution is 7.45. The van der Waals surface area contributed by atoms with Crippen molar-refractivity contribution in [3.05, 3.63) is 122 Å². The molecule has 0 aromatic rings. The maximum atomic E-state index is 13.1. The maximum absolute atomic E-state index is 13.1. The van der Waals surface area contributed by atoms with E-state index in [4.69, 9.17) is 9.05 Å². The van der Waals surface area contributed by atoms with Gasteiger partial charge in [-0.15, -0.1) is 0 Å². The molecule has 3 unspecified atom stereocenters. The van der Waals surface area contributed by atoms with Gasteiger partial charge in [0.25, 0.3) is 7.82 Å². The van der Waals surface area contributed by atoms with E-state index in [1.807, 2.05) is 27.2 Å². The second-order valence-electron chi connectivity index (χ2n) is 27.3. The first-order chi connectivity index (χ1) is 45.0. The topological polar surface area (TPSA) is 108 Å². The molecule has 0 spiro atoms. The number of phosphoric acid groups is 1. The molecule has 0 rings (SSSR count). The summed E-state index contributed by atoms with van der Waals surface area (Å²) in [5.41, 5.74) is 0.